The van der Waals surface area contributed by atoms with Gasteiger partial charge in [0, 0.05) is 16.4 Å². The molecule has 0 unspecified atom stereocenters. The van der Waals surface area contributed by atoms with E-state index >= 15 is 0 Å². The van der Waals surface area contributed by atoms with E-state index in [9.17, 15) is 4.39 Å². The molecule has 17 heavy (non-hydrogen) atoms. The van der Waals surface area contributed by atoms with Crippen molar-refractivity contribution in [1.29, 1.82) is 0 Å². The van der Waals surface area contributed by atoms with E-state index in [0.29, 0.717) is 17.2 Å². The van der Waals surface area contributed by atoms with Gasteiger partial charge < -0.3 is 11.1 Å². The first-order valence-electron chi connectivity index (χ1n) is 5.00. The highest BCUT2D eigenvalue weighted by Gasteiger charge is 2.05. The largest absolute Gasteiger partial charge is 0.396 e. The molecule has 0 amide bonds. The Morgan fingerprint density at radius 2 is 2.12 bits per heavy atom. The molecule has 88 valence electrons. The Hall–Kier alpha value is -1.62. The second kappa shape index (κ2) is 4.71. The number of pyridine rings is 1. The summed E-state index contributed by atoms with van der Waals surface area (Å²) in [4.78, 5) is 4.14. The van der Waals surface area contributed by atoms with Gasteiger partial charge in [0.15, 0.2) is 5.82 Å². The summed E-state index contributed by atoms with van der Waals surface area (Å²) in [7, 11) is 0. The Morgan fingerprint density at radius 3 is 2.82 bits per heavy atom. The number of anilines is 3. The van der Waals surface area contributed by atoms with Gasteiger partial charge in [-0.3, -0.25) is 0 Å². The third-order valence-electron chi connectivity index (χ3n) is 2.34. The minimum absolute atomic E-state index is 0.297. The van der Waals surface area contributed by atoms with E-state index in [1.165, 1.54) is 12.1 Å². The van der Waals surface area contributed by atoms with Crippen LogP contribution in [0.15, 0.2) is 34.9 Å². The van der Waals surface area contributed by atoms with Crippen molar-refractivity contribution in [1.82, 2.24) is 4.98 Å². The number of hydrogen-bond acceptors (Lipinski definition) is 3. The maximum atomic E-state index is 13.1. The van der Waals surface area contributed by atoms with Gasteiger partial charge in [-0.1, -0.05) is 6.07 Å². The zero-order chi connectivity index (χ0) is 12.4. The SMILES string of the molecule is Cc1ccc(F)cc1Nc1ncc(Br)cc1N. The zero-order valence-corrected chi connectivity index (χ0v) is 10.8. The van der Waals surface area contributed by atoms with Crippen LogP contribution in [0.3, 0.4) is 0 Å². The lowest BCUT2D eigenvalue weighted by atomic mass is 10.2. The van der Waals surface area contributed by atoms with Gasteiger partial charge in [0.1, 0.15) is 5.82 Å². The lowest BCUT2D eigenvalue weighted by Crippen LogP contribution is -2.00. The summed E-state index contributed by atoms with van der Waals surface area (Å²) in [5, 5.41) is 3.01. The summed E-state index contributed by atoms with van der Waals surface area (Å²) in [6, 6.07) is 6.27. The first-order valence-corrected chi connectivity index (χ1v) is 5.80. The van der Waals surface area contributed by atoms with Crippen molar-refractivity contribution in [3.05, 3.63) is 46.3 Å². The fourth-order valence-corrected chi connectivity index (χ4v) is 1.76. The minimum Gasteiger partial charge on any atom is -0.396 e. The number of nitrogens with one attached hydrogen (secondary N) is 1. The first-order chi connectivity index (χ1) is 8.06. The summed E-state index contributed by atoms with van der Waals surface area (Å²) in [6.07, 6.45) is 1.63. The number of nitrogens with two attached hydrogens (primary N) is 1. The molecule has 2 aromatic rings. The Balaban J connectivity index is 2.34. The Kier molecular flexibility index (Phi) is 3.28. The van der Waals surface area contributed by atoms with Crippen molar-refractivity contribution in [2.24, 2.45) is 0 Å². The van der Waals surface area contributed by atoms with Crippen molar-refractivity contribution < 1.29 is 4.39 Å². The summed E-state index contributed by atoms with van der Waals surface area (Å²) in [5.74, 6) is 0.218. The fraction of sp³-hybridized carbons (Fsp3) is 0.0833. The monoisotopic (exact) mass is 295 g/mol. The molecule has 0 aliphatic carbocycles. The highest BCUT2D eigenvalue weighted by Crippen LogP contribution is 2.25. The maximum Gasteiger partial charge on any atom is 0.153 e. The highest BCUT2D eigenvalue weighted by atomic mass is 79.9. The van der Waals surface area contributed by atoms with E-state index in [1.807, 2.05) is 6.92 Å². The standard InChI is InChI=1S/C12H11BrFN3/c1-7-2-3-9(14)5-11(7)17-12-10(15)4-8(13)6-16-12/h2-6H,15H2,1H3,(H,16,17). The van der Waals surface area contributed by atoms with Crippen molar-refractivity contribution in [3.63, 3.8) is 0 Å². The van der Waals surface area contributed by atoms with Gasteiger partial charge in [-0.25, -0.2) is 9.37 Å². The highest BCUT2D eigenvalue weighted by molar-refractivity contribution is 9.10. The van der Waals surface area contributed by atoms with Crippen LogP contribution >= 0.6 is 15.9 Å². The number of nitrogens with zero attached hydrogens (tertiary/aromatic N) is 1. The molecule has 0 fully saturated rings. The Labute approximate surface area is 107 Å². The second-order valence-corrected chi connectivity index (χ2v) is 4.59. The number of aromatic nitrogens is 1. The number of aryl methyl sites for hydroxylation is 1. The van der Waals surface area contributed by atoms with Gasteiger partial charge >= 0.3 is 0 Å². The van der Waals surface area contributed by atoms with Crippen LogP contribution in [0, 0.1) is 12.7 Å². The molecule has 0 spiro atoms. The van der Waals surface area contributed by atoms with E-state index in [2.05, 4.69) is 26.2 Å². The van der Waals surface area contributed by atoms with E-state index < -0.39 is 0 Å². The number of benzene rings is 1. The molecule has 0 aliphatic rings. The van der Waals surface area contributed by atoms with E-state index in [4.69, 9.17) is 5.73 Å². The third-order valence-corrected chi connectivity index (χ3v) is 2.77. The fourth-order valence-electron chi connectivity index (χ4n) is 1.42. The molecule has 0 atom stereocenters. The van der Waals surface area contributed by atoms with Crippen LogP contribution in [0.4, 0.5) is 21.6 Å². The molecule has 1 aromatic carbocycles. The van der Waals surface area contributed by atoms with Crippen molar-refractivity contribution in [2.45, 2.75) is 6.92 Å². The Bertz CT molecular complexity index is 557. The smallest absolute Gasteiger partial charge is 0.153 e. The lowest BCUT2D eigenvalue weighted by molar-refractivity contribution is 0.628. The van der Waals surface area contributed by atoms with Gasteiger partial charge in [0.05, 0.1) is 5.69 Å². The van der Waals surface area contributed by atoms with Crippen LogP contribution in [0.2, 0.25) is 0 Å². The molecule has 0 aliphatic heterocycles. The summed E-state index contributed by atoms with van der Waals surface area (Å²) in [6.45, 7) is 1.89. The molecular formula is C12H11BrFN3. The van der Waals surface area contributed by atoms with Gasteiger partial charge in [0.25, 0.3) is 0 Å². The Morgan fingerprint density at radius 1 is 1.35 bits per heavy atom. The molecule has 3 nitrogen and oxygen atoms in total. The van der Waals surface area contributed by atoms with Crippen molar-refractivity contribution >= 4 is 33.1 Å². The lowest BCUT2D eigenvalue weighted by Gasteiger charge is -2.10. The predicted molar refractivity (Wildman–Crippen MR) is 70.8 cm³/mol. The molecule has 1 heterocycles. The van der Waals surface area contributed by atoms with Crippen LogP contribution in [0.25, 0.3) is 0 Å². The van der Waals surface area contributed by atoms with Gasteiger partial charge in [-0.05, 0) is 46.6 Å². The number of hydrogen-bond donors (Lipinski definition) is 2. The van der Waals surface area contributed by atoms with Crippen LogP contribution in [0.5, 0.6) is 0 Å². The second-order valence-electron chi connectivity index (χ2n) is 3.68. The molecule has 1 aromatic heterocycles. The van der Waals surface area contributed by atoms with Crippen LogP contribution in [0.1, 0.15) is 5.56 Å². The van der Waals surface area contributed by atoms with Gasteiger partial charge in [0.2, 0.25) is 0 Å². The average Bonchev–Trinajstić information content (AvgIpc) is 2.27. The van der Waals surface area contributed by atoms with Crippen LogP contribution in [-0.2, 0) is 0 Å². The van der Waals surface area contributed by atoms with E-state index in [0.717, 1.165) is 10.0 Å². The normalized spacial score (nSPS) is 10.3. The summed E-state index contributed by atoms with van der Waals surface area (Å²) < 4.78 is 13.9. The maximum absolute atomic E-state index is 13.1. The van der Waals surface area contributed by atoms with Crippen LogP contribution < -0.4 is 11.1 Å². The summed E-state index contributed by atoms with van der Waals surface area (Å²) in [5.41, 5.74) is 7.90. The quantitative estimate of drug-likeness (QED) is 0.890. The zero-order valence-electron chi connectivity index (χ0n) is 9.17. The molecular weight excluding hydrogens is 285 g/mol. The third kappa shape index (κ3) is 2.74. The predicted octanol–water partition coefficient (Wildman–Crippen LogP) is 3.62. The molecule has 2 rings (SSSR count). The number of nitrogen functional groups attached to an aromatic ring is 1. The van der Waals surface area contributed by atoms with Crippen LogP contribution in [-0.4, -0.2) is 4.98 Å². The number of rotatable bonds is 2. The minimum atomic E-state index is -0.297. The first kappa shape index (κ1) is 11.9. The van der Waals surface area contributed by atoms with Crippen molar-refractivity contribution in [2.75, 3.05) is 11.1 Å². The van der Waals surface area contributed by atoms with Gasteiger partial charge in [-0.2, -0.15) is 0 Å². The molecule has 0 saturated heterocycles. The molecule has 0 radical (unpaired) electrons. The van der Waals surface area contributed by atoms with E-state index in [-0.39, 0.29) is 5.82 Å². The van der Waals surface area contributed by atoms with Crippen molar-refractivity contribution in [3.8, 4) is 0 Å². The molecule has 0 bridgehead atoms. The van der Waals surface area contributed by atoms with Gasteiger partial charge in [-0.15, -0.1) is 0 Å². The average molecular weight is 296 g/mol. The topological polar surface area (TPSA) is 50.9 Å². The van der Waals surface area contributed by atoms with E-state index in [1.54, 1.807) is 18.3 Å². The molecule has 0 saturated carbocycles. The molecule has 3 N–H and O–H groups in total. The summed E-state index contributed by atoms with van der Waals surface area (Å²) >= 11 is 3.28. The molecule has 5 heteroatoms. The number of halogens is 2.